The molecule has 0 aliphatic carbocycles. The molecule has 0 saturated carbocycles. The van der Waals surface area contributed by atoms with E-state index in [1.807, 2.05) is 0 Å². The van der Waals surface area contributed by atoms with Crippen LogP contribution in [-0.4, -0.2) is 36.1 Å². The van der Waals surface area contributed by atoms with Crippen molar-refractivity contribution in [2.75, 3.05) is 6.61 Å². The van der Waals surface area contributed by atoms with Crippen LogP contribution in [0.15, 0.2) is 0 Å². The van der Waals surface area contributed by atoms with Crippen LogP contribution in [0.1, 0.15) is 13.3 Å². The standard InChI is InChI=1S/C7H13NO4/c1-4-6(9)5(2-3-11-4)12-7(8)10/h4-6,9H,2-3H2,1H3,(H2,8,10)/t4-,5-,6+/m0/s1. The second-order valence-electron chi connectivity index (χ2n) is 2.83. The molecule has 1 aliphatic heterocycles. The van der Waals surface area contributed by atoms with Gasteiger partial charge in [-0.05, 0) is 6.92 Å². The van der Waals surface area contributed by atoms with Gasteiger partial charge < -0.3 is 20.3 Å². The summed E-state index contributed by atoms with van der Waals surface area (Å²) in [6, 6.07) is 0. The van der Waals surface area contributed by atoms with Crippen molar-refractivity contribution in [3.8, 4) is 0 Å². The van der Waals surface area contributed by atoms with Gasteiger partial charge in [0.15, 0.2) is 0 Å². The van der Waals surface area contributed by atoms with Crippen molar-refractivity contribution >= 4 is 6.09 Å². The second kappa shape index (κ2) is 3.73. The lowest BCUT2D eigenvalue weighted by atomic mass is 10.0. The third-order valence-electron chi connectivity index (χ3n) is 1.91. The molecular formula is C7H13NO4. The number of aliphatic hydroxyl groups is 1. The summed E-state index contributed by atoms with van der Waals surface area (Å²) in [5.41, 5.74) is 4.82. The Labute approximate surface area is 70.4 Å². The van der Waals surface area contributed by atoms with Gasteiger partial charge in [0, 0.05) is 6.42 Å². The van der Waals surface area contributed by atoms with Crippen molar-refractivity contribution in [3.63, 3.8) is 0 Å². The molecule has 0 aromatic heterocycles. The topological polar surface area (TPSA) is 81.8 Å². The third-order valence-corrected chi connectivity index (χ3v) is 1.91. The van der Waals surface area contributed by atoms with Crippen molar-refractivity contribution in [2.24, 2.45) is 5.73 Å². The van der Waals surface area contributed by atoms with Gasteiger partial charge in [-0.2, -0.15) is 0 Å². The molecule has 1 fully saturated rings. The van der Waals surface area contributed by atoms with Crippen LogP contribution in [0.3, 0.4) is 0 Å². The fourth-order valence-corrected chi connectivity index (χ4v) is 1.22. The van der Waals surface area contributed by atoms with E-state index in [1.165, 1.54) is 0 Å². The molecule has 0 aromatic rings. The molecule has 0 aromatic carbocycles. The van der Waals surface area contributed by atoms with Crippen LogP contribution in [0.4, 0.5) is 4.79 Å². The van der Waals surface area contributed by atoms with Crippen LogP contribution in [0.2, 0.25) is 0 Å². The summed E-state index contributed by atoms with van der Waals surface area (Å²) in [5, 5.41) is 9.43. The highest BCUT2D eigenvalue weighted by atomic mass is 16.6. The molecule has 0 unspecified atom stereocenters. The van der Waals surface area contributed by atoms with Crippen molar-refractivity contribution in [1.82, 2.24) is 0 Å². The maximum absolute atomic E-state index is 10.4. The third kappa shape index (κ3) is 2.09. The van der Waals surface area contributed by atoms with E-state index in [9.17, 15) is 9.90 Å². The van der Waals surface area contributed by atoms with E-state index < -0.39 is 18.3 Å². The molecule has 1 aliphatic rings. The average molecular weight is 175 g/mol. The summed E-state index contributed by atoms with van der Waals surface area (Å²) < 4.78 is 9.80. The van der Waals surface area contributed by atoms with E-state index in [1.54, 1.807) is 6.92 Å². The van der Waals surface area contributed by atoms with Gasteiger partial charge in [0.25, 0.3) is 0 Å². The molecule has 1 amide bonds. The first-order valence-corrected chi connectivity index (χ1v) is 3.87. The van der Waals surface area contributed by atoms with Crippen LogP contribution < -0.4 is 5.73 Å². The van der Waals surface area contributed by atoms with E-state index in [4.69, 9.17) is 10.5 Å². The number of rotatable bonds is 1. The minimum absolute atomic E-state index is 0.303. The fourth-order valence-electron chi connectivity index (χ4n) is 1.22. The number of hydrogen-bond donors (Lipinski definition) is 2. The van der Waals surface area contributed by atoms with Crippen LogP contribution in [0, 0.1) is 0 Å². The number of hydrogen-bond acceptors (Lipinski definition) is 4. The zero-order valence-corrected chi connectivity index (χ0v) is 6.90. The monoisotopic (exact) mass is 175 g/mol. The molecule has 0 radical (unpaired) electrons. The lowest BCUT2D eigenvalue weighted by molar-refractivity contribution is -0.127. The summed E-state index contributed by atoms with van der Waals surface area (Å²) in [5.74, 6) is 0. The van der Waals surface area contributed by atoms with Gasteiger partial charge in [0.1, 0.15) is 12.2 Å². The van der Waals surface area contributed by atoms with Gasteiger partial charge in [0.05, 0.1) is 12.7 Å². The van der Waals surface area contributed by atoms with Gasteiger partial charge in [-0.25, -0.2) is 4.79 Å². The molecule has 70 valence electrons. The van der Waals surface area contributed by atoms with E-state index >= 15 is 0 Å². The van der Waals surface area contributed by atoms with Crippen molar-refractivity contribution in [3.05, 3.63) is 0 Å². The Morgan fingerprint density at radius 3 is 3.00 bits per heavy atom. The number of nitrogens with two attached hydrogens (primary N) is 1. The Bertz CT molecular complexity index is 173. The summed E-state index contributed by atoms with van der Waals surface area (Å²) in [6.07, 6.45) is -1.96. The minimum atomic E-state index is -0.854. The molecule has 1 rings (SSSR count). The fraction of sp³-hybridized carbons (Fsp3) is 0.857. The predicted molar refractivity (Wildman–Crippen MR) is 40.5 cm³/mol. The summed E-state index contributed by atoms with van der Waals surface area (Å²) in [7, 11) is 0. The predicted octanol–water partition coefficient (Wildman–Crippen LogP) is -0.380. The van der Waals surface area contributed by atoms with Crippen molar-refractivity contribution in [1.29, 1.82) is 0 Å². The smallest absolute Gasteiger partial charge is 0.404 e. The molecule has 0 spiro atoms. The summed E-state index contributed by atoms with van der Waals surface area (Å²) >= 11 is 0. The van der Waals surface area contributed by atoms with Gasteiger partial charge >= 0.3 is 6.09 Å². The Morgan fingerprint density at radius 1 is 1.75 bits per heavy atom. The Kier molecular flexibility index (Phi) is 2.88. The maximum atomic E-state index is 10.4. The van der Waals surface area contributed by atoms with Gasteiger partial charge in [-0.15, -0.1) is 0 Å². The van der Waals surface area contributed by atoms with E-state index in [-0.39, 0.29) is 6.10 Å². The first kappa shape index (κ1) is 9.28. The quantitative estimate of drug-likeness (QED) is 0.569. The van der Waals surface area contributed by atoms with Crippen molar-refractivity contribution in [2.45, 2.75) is 31.7 Å². The lowest BCUT2D eigenvalue weighted by Crippen LogP contribution is -2.45. The molecule has 1 saturated heterocycles. The van der Waals surface area contributed by atoms with E-state index in [2.05, 4.69) is 4.74 Å². The first-order chi connectivity index (χ1) is 5.61. The highest BCUT2D eigenvalue weighted by Crippen LogP contribution is 2.16. The van der Waals surface area contributed by atoms with E-state index in [0.717, 1.165) is 0 Å². The first-order valence-electron chi connectivity index (χ1n) is 3.87. The number of aliphatic hydroxyl groups excluding tert-OH is 1. The van der Waals surface area contributed by atoms with Gasteiger partial charge in [-0.3, -0.25) is 0 Å². The van der Waals surface area contributed by atoms with Crippen molar-refractivity contribution < 1.29 is 19.4 Å². The number of carbonyl (C=O) groups is 1. The SMILES string of the molecule is C[C@@H]1OCC[C@H](OC(N)=O)[C@@H]1O. The number of primary amides is 1. The van der Waals surface area contributed by atoms with Crippen LogP contribution in [-0.2, 0) is 9.47 Å². The normalized spacial score (nSPS) is 36.0. The minimum Gasteiger partial charge on any atom is -0.443 e. The van der Waals surface area contributed by atoms with Crippen LogP contribution in [0.5, 0.6) is 0 Å². The van der Waals surface area contributed by atoms with E-state index in [0.29, 0.717) is 13.0 Å². The summed E-state index contributed by atoms with van der Waals surface area (Å²) in [6.45, 7) is 2.21. The molecule has 1 heterocycles. The number of carbonyl (C=O) groups excluding carboxylic acids is 1. The maximum Gasteiger partial charge on any atom is 0.404 e. The molecule has 12 heavy (non-hydrogen) atoms. The molecule has 5 heteroatoms. The number of ether oxygens (including phenoxy) is 2. The zero-order valence-electron chi connectivity index (χ0n) is 6.90. The van der Waals surface area contributed by atoms with Crippen LogP contribution >= 0.6 is 0 Å². The molecule has 0 bridgehead atoms. The second-order valence-corrected chi connectivity index (χ2v) is 2.83. The molecular weight excluding hydrogens is 162 g/mol. The molecule has 3 N–H and O–H groups in total. The molecule has 5 nitrogen and oxygen atoms in total. The van der Waals surface area contributed by atoms with Gasteiger partial charge in [0.2, 0.25) is 0 Å². The molecule has 3 atom stereocenters. The lowest BCUT2D eigenvalue weighted by Gasteiger charge is -2.31. The number of amides is 1. The zero-order chi connectivity index (χ0) is 9.14. The summed E-state index contributed by atoms with van der Waals surface area (Å²) in [4.78, 5) is 10.4. The van der Waals surface area contributed by atoms with Gasteiger partial charge in [-0.1, -0.05) is 0 Å². The largest absolute Gasteiger partial charge is 0.443 e. The average Bonchev–Trinajstić information content (AvgIpc) is 1.98. The Balaban J connectivity index is 2.46. The highest BCUT2D eigenvalue weighted by molar-refractivity contribution is 5.64. The highest BCUT2D eigenvalue weighted by Gasteiger charge is 2.31. The van der Waals surface area contributed by atoms with Crippen LogP contribution in [0.25, 0.3) is 0 Å². The Morgan fingerprint density at radius 2 is 2.42 bits per heavy atom. The Hall–Kier alpha value is -0.810.